The second kappa shape index (κ2) is 8.83. The molecule has 0 bridgehead atoms. The first kappa shape index (κ1) is 21.6. The van der Waals surface area contributed by atoms with Crippen LogP contribution in [0, 0.1) is 6.92 Å². The van der Waals surface area contributed by atoms with Gasteiger partial charge in [-0.2, -0.15) is 18.0 Å². The topological polar surface area (TPSA) is 98.5 Å². The van der Waals surface area contributed by atoms with Crippen LogP contribution in [0.5, 0.6) is 0 Å². The second-order valence-electron chi connectivity index (χ2n) is 6.82. The third kappa shape index (κ3) is 4.97. The Morgan fingerprint density at radius 1 is 1.16 bits per heavy atom. The SMILES string of the molecule is Cc1nc(-c2nnn(Cc3ccc(C(F)(F)F)cc3)n2)sc1C(=O)NCc1cccnc1. The number of carbonyl (C=O) groups excluding carboxylic acids is 1. The van der Waals surface area contributed by atoms with Crippen molar-refractivity contribution in [1.29, 1.82) is 0 Å². The van der Waals surface area contributed by atoms with Crippen LogP contribution in [0.15, 0.2) is 48.8 Å². The summed E-state index contributed by atoms with van der Waals surface area (Å²) >= 11 is 1.14. The molecule has 0 aliphatic rings. The maximum atomic E-state index is 12.7. The van der Waals surface area contributed by atoms with Crippen molar-refractivity contribution in [3.63, 3.8) is 0 Å². The van der Waals surface area contributed by atoms with Crippen molar-refractivity contribution < 1.29 is 18.0 Å². The predicted molar refractivity (Wildman–Crippen MR) is 110 cm³/mol. The molecule has 1 aromatic carbocycles. The molecule has 0 atom stereocenters. The number of benzene rings is 1. The van der Waals surface area contributed by atoms with E-state index in [1.54, 1.807) is 25.4 Å². The number of carbonyl (C=O) groups is 1. The Morgan fingerprint density at radius 2 is 1.94 bits per heavy atom. The summed E-state index contributed by atoms with van der Waals surface area (Å²) in [4.78, 5) is 22.6. The summed E-state index contributed by atoms with van der Waals surface area (Å²) in [7, 11) is 0. The molecule has 12 heteroatoms. The van der Waals surface area contributed by atoms with Gasteiger partial charge in [0.25, 0.3) is 5.91 Å². The van der Waals surface area contributed by atoms with Crippen molar-refractivity contribution >= 4 is 17.2 Å². The average Bonchev–Trinajstić information content (AvgIpc) is 3.39. The Hall–Kier alpha value is -3.67. The van der Waals surface area contributed by atoms with Gasteiger partial charge in [0, 0.05) is 18.9 Å². The van der Waals surface area contributed by atoms with Crippen molar-refractivity contribution in [2.24, 2.45) is 0 Å². The molecule has 0 unspecified atom stereocenters. The fraction of sp³-hybridized carbons (Fsp3) is 0.200. The third-order valence-electron chi connectivity index (χ3n) is 4.43. The lowest BCUT2D eigenvalue weighted by Gasteiger charge is -2.07. The number of amides is 1. The summed E-state index contributed by atoms with van der Waals surface area (Å²) in [6.45, 7) is 2.19. The van der Waals surface area contributed by atoms with Gasteiger partial charge >= 0.3 is 6.18 Å². The minimum atomic E-state index is -4.39. The van der Waals surface area contributed by atoms with E-state index in [1.807, 2.05) is 6.07 Å². The van der Waals surface area contributed by atoms with Crippen LogP contribution in [0.2, 0.25) is 0 Å². The third-order valence-corrected chi connectivity index (χ3v) is 5.58. The summed E-state index contributed by atoms with van der Waals surface area (Å²) in [5.41, 5.74) is 1.28. The Balaban J connectivity index is 1.43. The van der Waals surface area contributed by atoms with Crippen LogP contribution in [-0.4, -0.2) is 36.1 Å². The zero-order valence-corrected chi connectivity index (χ0v) is 17.5. The zero-order chi connectivity index (χ0) is 22.7. The molecule has 4 aromatic rings. The number of hydrogen-bond acceptors (Lipinski definition) is 7. The lowest BCUT2D eigenvalue weighted by molar-refractivity contribution is -0.137. The summed E-state index contributed by atoms with van der Waals surface area (Å²) in [5, 5.41) is 15.4. The molecule has 0 saturated heterocycles. The number of alkyl halides is 3. The van der Waals surface area contributed by atoms with E-state index in [1.165, 1.54) is 16.9 Å². The van der Waals surface area contributed by atoms with Crippen LogP contribution >= 0.6 is 11.3 Å². The maximum Gasteiger partial charge on any atom is 0.416 e. The van der Waals surface area contributed by atoms with E-state index in [2.05, 4.69) is 30.7 Å². The minimum Gasteiger partial charge on any atom is -0.347 e. The molecular formula is C20H16F3N7OS. The van der Waals surface area contributed by atoms with Gasteiger partial charge in [-0.1, -0.05) is 18.2 Å². The molecule has 32 heavy (non-hydrogen) atoms. The number of aryl methyl sites for hydroxylation is 1. The van der Waals surface area contributed by atoms with E-state index >= 15 is 0 Å². The molecule has 4 rings (SSSR count). The lowest BCUT2D eigenvalue weighted by Crippen LogP contribution is -2.22. The van der Waals surface area contributed by atoms with Gasteiger partial charge in [0.05, 0.1) is 17.8 Å². The van der Waals surface area contributed by atoms with Crippen LogP contribution in [0.4, 0.5) is 13.2 Å². The molecule has 1 amide bonds. The lowest BCUT2D eigenvalue weighted by atomic mass is 10.1. The number of rotatable bonds is 6. The number of tetrazole rings is 1. The number of halogens is 3. The fourth-order valence-corrected chi connectivity index (χ4v) is 3.73. The van der Waals surface area contributed by atoms with E-state index in [-0.39, 0.29) is 18.3 Å². The Morgan fingerprint density at radius 3 is 2.62 bits per heavy atom. The first-order valence-corrected chi connectivity index (χ1v) is 10.2. The highest BCUT2D eigenvalue weighted by molar-refractivity contribution is 7.17. The molecule has 164 valence electrons. The van der Waals surface area contributed by atoms with Crippen LogP contribution < -0.4 is 5.32 Å². The van der Waals surface area contributed by atoms with E-state index in [9.17, 15) is 18.0 Å². The van der Waals surface area contributed by atoms with E-state index in [0.29, 0.717) is 27.7 Å². The molecular weight excluding hydrogens is 443 g/mol. The first-order valence-electron chi connectivity index (χ1n) is 9.38. The van der Waals surface area contributed by atoms with Gasteiger partial charge in [-0.05, 0) is 41.5 Å². The van der Waals surface area contributed by atoms with Crippen molar-refractivity contribution in [3.8, 4) is 10.8 Å². The van der Waals surface area contributed by atoms with Crippen molar-refractivity contribution in [2.75, 3.05) is 0 Å². The van der Waals surface area contributed by atoms with Gasteiger partial charge < -0.3 is 5.32 Å². The molecule has 0 aliphatic carbocycles. The van der Waals surface area contributed by atoms with Crippen LogP contribution in [0.1, 0.15) is 32.1 Å². The van der Waals surface area contributed by atoms with E-state index in [0.717, 1.165) is 29.0 Å². The summed E-state index contributed by atoms with van der Waals surface area (Å²) in [6.07, 6.45) is -1.06. The van der Waals surface area contributed by atoms with Gasteiger partial charge in [-0.3, -0.25) is 9.78 Å². The van der Waals surface area contributed by atoms with E-state index in [4.69, 9.17) is 0 Å². The highest BCUT2D eigenvalue weighted by atomic mass is 32.1. The van der Waals surface area contributed by atoms with Gasteiger partial charge in [-0.25, -0.2) is 4.98 Å². The highest BCUT2D eigenvalue weighted by Gasteiger charge is 2.30. The Bertz CT molecular complexity index is 1220. The average molecular weight is 459 g/mol. The highest BCUT2D eigenvalue weighted by Crippen LogP contribution is 2.29. The van der Waals surface area contributed by atoms with Crippen LogP contribution in [0.3, 0.4) is 0 Å². The van der Waals surface area contributed by atoms with Crippen molar-refractivity contribution in [1.82, 2.24) is 35.5 Å². The number of hydrogen-bond donors (Lipinski definition) is 1. The van der Waals surface area contributed by atoms with Crippen LogP contribution in [-0.2, 0) is 19.3 Å². The quantitative estimate of drug-likeness (QED) is 0.474. The maximum absolute atomic E-state index is 12.7. The normalized spacial score (nSPS) is 11.5. The molecule has 8 nitrogen and oxygen atoms in total. The largest absolute Gasteiger partial charge is 0.416 e. The number of nitrogens with one attached hydrogen (secondary N) is 1. The Kier molecular flexibility index (Phi) is 5.95. The van der Waals surface area contributed by atoms with Gasteiger partial charge in [-0.15, -0.1) is 21.5 Å². The summed E-state index contributed by atoms with van der Waals surface area (Å²) < 4.78 is 38.1. The number of thiazole rings is 1. The standard InChI is InChI=1S/C20H16F3N7OS/c1-12-16(18(31)25-10-14-3-2-8-24-9-14)32-19(26-12)17-27-29-30(28-17)11-13-4-6-15(7-5-13)20(21,22)23/h2-9H,10-11H2,1H3,(H,25,31). The number of aromatic nitrogens is 6. The second-order valence-corrected chi connectivity index (χ2v) is 7.81. The molecule has 0 fully saturated rings. The molecule has 0 saturated carbocycles. The van der Waals surface area contributed by atoms with Crippen LogP contribution in [0.25, 0.3) is 10.8 Å². The van der Waals surface area contributed by atoms with Gasteiger partial charge in [0.2, 0.25) is 5.82 Å². The van der Waals surface area contributed by atoms with Crippen molar-refractivity contribution in [3.05, 3.63) is 76.1 Å². The predicted octanol–water partition coefficient (Wildman–Crippen LogP) is 3.50. The van der Waals surface area contributed by atoms with E-state index < -0.39 is 11.7 Å². The Labute approximate surface area is 184 Å². The molecule has 0 aliphatic heterocycles. The molecule has 0 spiro atoms. The smallest absolute Gasteiger partial charge is 0.347 e. The minimum absolute atomic E-state index is 0.147. The fourth-order valence-electron chi connectivity index (χ4n) is 2.83. The number of pyridine rings is 1. The number of nitrogens with zero attached hydrogens (tertiary/aromatic N) is 6. The summed E-state index contributed by atoms with van der Waals surface area (Å²) in [5.74, 6) is -0.0384. The summed E-state index contributed by atoms with van der Waals surface area (Å²) in [6, 6.07) is 8.39. The molecule has 3 heterocycles. The van der Waals surface area contributed by atoms with Crippen molar-refractivity contribution in [2.45, 2.75) is 26.2 Å². The van der Waals surface area contributed by atoms with Gasteiger partial charge in [0.15, 0.2) is 5.01 Å². The first-order chi connectivity index (χ1) is 15.3. The molecule has 0 radical (unpaired) electrons. The van der Waals surface area contributed by atoms with Gasteiger partial charge in [0.1, 0.15) is 4.88 Å². The monoisotopic (exact) mass is 459 g/mol. The zero-order valence-electron chi connectivity index (χ0n) is 16.7. The molecule has 1 N–H and O–H groups in total. The molecule has 3 aromatic heterocycles.